The molecule has 0 fully saturated rings. The Kier molecular flexibility index (Phi) is 3.13. The third kappa shape index (κ3) is 2.66. The lowest BCUT2D eigenvalue weighted by Gasteiger charge is -2.00. The van der Waals surface area contributed by atoms with Crippen LogP contribution in [0.5, 0.6) is 0 Å². The molecular formula is C11H11FN4O. The summed E-state index contributed by atoms with van der Waals surface area (Å²) in [7, 11) is 0. The molecule has 0 unspecified atom stereocenters. The van der Waals surface area contributed by atoms with Crippen molar-refractivity contribution in [1.82, 2.24) is 15.2 Å². The van der Waals surface area contributed by atoms with Crippen LogP contribution < -0.4 is 5.32 Å². The fourth-order valence-corrected chi connectivity index (χ4v) is 1.31. The maximum absolute atomic E-state index is 12.6. The van der Waals surface area contributed by atoms with Crippen molar-refractivity contribution in [3.8, 4) is 0 Å². The van der Waals surface area contributed by atoms with Crippen LogP contribution in [0.15, 0.2) is 24.4 Å². The molecule has 1 amide bonds. The summed E-state index contributed by atoms with van der Waals surface area (Å²) in [6.07, 6.45) is 1.99. The number of hydrogen-bond donors (Lipinski definition) is 2. The summed E-state index contributed by atoms with van der Waals surface area (Å²) < 4.78 is 12.6. The van der Waals surface area contributed by atoms with E-state index in [1.54, 1.807) is 6.07 Å². The minimum absolute atomic E-state index is 0.285. The van der Waals surface area contributed by atoms with Crippen molar-refractivity contribution in [2.45, 2.75) is 13.3 Å². The van der Waals surface area contributed by atoms with E-state index in [2.05, 4.69) is 20.5 Å². The van der Waals surface area contributed by atoms with Gasteiger partial charge in [-0.1, -0.05) is 6.92 Å². The number of nitrogens with zero attached hydrogens (tertiary/aromatic N) is 2. The van der Waals surface area contributed by atoms with Gasteiger partial charge >= 0.3 is 0 Å². The molecule has 0 aliphatic rings. The van der Waals surface area contributed by atoms with Crippen molar-refractivity contribution in [2.24, 2.45) is 0 Å². The van der Waals surface area contributed by atoms with Gasteiger partial charge in [0.15, 0.2) is 5.82 Å². The molecule has 2 aromatic heterocycles. The Hall–Kier alpha value is -2.24. The lowest BCUT2D eigenvalue weighted by molar-refractivity contribution is 0.102. The first-order valence-corrected chi connectivity index (χ1v) is 5.16. The van der Waals surface area contributed by atoms with Crippen LogP contribution >= 0.6 is 0 Å². The molecule has 0 saturated heterocycles. The van der Waals surface area contributed by atoms with Gasteiger partial charge in [-0.2, -0.15) is 9.49 Å². The minimum Gasteiger partial charge on any atom is -0.305 e. The van der Waals surface area contributed by atoms with Gasteiger partial charge in [-0.15, -0.1) is 0 Å². The molecule has 6 heteroatoms. The number of rotatable bonds is 3. The molecule has 2 rings (SSSR count). The average Bonchev–Trinajstić information content (AvgIpc) is 2.77. The van der Waals surface area contributed by atoms with E-state index in [4.69, 9.17) is 0 Å². The number of carbonyl (C=O) groups is 1. The molecule has 0 bridgehead atoms. The smallest absolute Gasteiger partial charge is 0.258 e. The molecule has 17 heavy (non-hydrogen) atoms. The lowest BCUT2D eigenvalue weighted by Crippen LogP contribution is -2.12. The van der Waals surface area contributed by atoms with E-state index in [0.29, 0.717) is 5.82 Å². The summed E-state index contributed by atoms with van der Waals surface area (Å²) in [5.41, 5.74) is 1.21. The van der Waals surface area contributed by atoms with Crippen molar-refractivity contribution in [2.75, 3.05) is 5.32 Å². The monoisotopic (exact) mass is 234 g/mol. The summed E-state index contributed by atoms with van der Waals surface area (Å²) in [6.45, 7) is 1.98. The van der Waals surface area contributed by atoms with Crippen molar-refractivity contribution >= 4 is 11.7 Å². The zero-order chi connectivity index (χ0) is 12.3. The fourth-order valence-electron chi connectivity index (χ4n) is 1.31. The van der Waals surface area contributed by atoms with Gasteiger partial charge in [0.1, 0.15) is 0 Å². The number of hydrogen-bond acceptors (Lipinski definition) is 3. The molecule has 2 N–H and O–H groups in total. The maximum atomic E-state index is 12.6. The van der Waals surface area contributed by atoms with Gasteiger partial charge in [0.2, 0.25) is 5.95 Å². The molecule has 5 nitrogen and oxygen atoms in total. The van der Waals surface area contributed by atoms with Crippen LogP contribution in [0.4, 0.5) is 10.2 Å². The molecule has 0 radical (unpaired) electrons. The van der Waals surface area contributed by atoms with Crippen LogP contribution in [0, 0.1) is 5.95 Å². The predicted molar refractivity (Wildman–Crippen MR) is 60.1 cm³/mol. The number of halogens is 1. The van der Waals surface area contributed by atoms with Crippen molar-refractivity contribution < 1.29 is 9.18 Å². The van der Waals surface area contributed by atoms with E-state index in [1.165, 1.54) is 12.3 Å². The van der Waals surface area contributed by atoms with E-state index in [0.717, 1.165) is 18.2 Å². The molecule has 0 aromatic carbocycles. The van der Waals surface area contributed by atoms with E-state index in [9.17, 15) is 9.18 Å². The summed E-state index contributed by atoms with van der Waals surface area (Å²) in [6, 6.07) is 4.25. The largest absolute Gasteiger partial charge is 0.305 e. The summed E-state index contributed by atoms with van der Waals surface area (Å²) in [4.78, 5) is 15.1. The van der Waals surface area contributed by atoms with Crippen LogP contribution in [0.2, 0.25) is 0 Å². The summed E-state index contributed by atoms with van der Waals surface area (Å²) >= 11 is 0. The zero-order valence-corrected chi connectivity index (χ0v) is 9.20. The van der Waals surface area contributed by atoms with Gasteiger partial charge < -0.3 is 5.32 Å². The lowest BCUT2D eigenvalue weighted by atomic mass is 10.2. The second kappa shape index (κ2) is 4.73. The highest BCUT2D eigenvalue weighted by molar-refractivity contribution is 6.03. The van der Waals surface area contributed by atoms with E-state index < -0.39 is 5.95 Å². The third-order valence-corrected chi connectivity index (χ3v) is 2.24. The molecule has 0 saturated carbocycles. The van der Waals surface area contributed by atoms with Crippen LogP contribution in [0.1, 0.15) is 23.0 Å². The van der Waals surface area contributed by atoms with Crippen LogP contribution in [-0.4, -0.2) is 21.1 Å². The number of nitrogens with one attached hydrogen (secondary N) is 2. The standard InChI is InChI=1S/C11H11FN4O/c1-2-8-5-10(16-15-8)14-11(17)7-3-4-9(12)13-6-7/h3-6H,2H2,1H3,(H2,14,15,16,17). The Morgan fingerprint density at radius 1 is 1.53 bits per heavy atom. The second-order valence-electron chi connectivity index (χ2n) is 3.46. The van der Waals surface area contributed by atoms with Gasteiger partial charge in [-0.25, -0.2) is 4.98 Å². The molecule has 2 aromatic rings. The number of aromatic amines is 1. The highest BCUT2D eigenvalue weighted by atomic mass is 19.1. The quantitative estimate of drug-likeness (QED) is 0.795. The number of aromatic nitrogens is 3. The Bertz CT molecular complexity index is 521. The zero-order valence-electron chi connectivity index (χ0n) is 9.20. The molecule has 0 spiro atoms. The Balaban J connectivity index is 2.08. The van der Waals surface area contributed by atoms with Gasteiger partial charge in [0.25, 0.3) is 5.91 Å². The van der Waals surface area contributed by atoms with Crippen LogP contribution in [0.25, 0.3) is 0 Å². The average molecular weight is 234 g/mol. The highest BCUT2D eigenvalue weighted by Gasteiger charge is 2.08. The summed E-state index contributed by atoms with van der Waals surface area (Å²) in [5, 5.41) is 9.29. The number of anilines is 1. The topological polar surface area (TPSA) is 70.7 Å². The predicted octanol–water partition coefficient (Wildman–Crippen LogP) is 1.76. The highest BCUT2D eigenvalue weighted by Crippen LogP contribution is 2.08. The molecular weight excluding hydrogens is 223 g/mol. The van der Waals surface area contributed by atoms with E-state index in [1.807, 2.05) is 6.92 Å². The third-order valence-electron chi connectivity index (χ3n) is 2.24. The number of pyridine rings is 1. The first-order chi connectivity index (χ1) is 8.19. The molecule has 0 aliphatic carbocycles. The number of carbonyl (C=O) groups excluding carboxylic acids is 1. The molecule has 2 heterocycles. The Morgan fingerprint density at radius 3 is 2.94 bits per heavy atom. The maximum Gasteiger partial charge on any atom is 0.258 e. The SMILES string of the molecule is CCc1cc(NC(=O)c2ccc(F)nc2)n[nH]1. The Morgan fingerprint density at radius 2 is 2.35 bits per heavy atom. The van der Waals surface area contributed by atoms with Gasteiger partial charge in [0, 0.05) is 18.0 Å². The first-order valence-electron chi connectivity index (χ1n) is 5.16. The molecule has 88 valence electrons. The molecule has 0 atom stereocenters. The van der Waals surface area contributed by atoms with Gasteiger partial charge in [0.05, 0.1) is 5.56 Å². The number of amides is 1. The Labute approximate surface area is 97.1 Å². The van der Waals surface area contributed by atoms with Crippen LogP contribution in [-0.2, 0) is 6.42 Å². The minimum atomic E-state index is -0.616. The van der Waals surface area contributed by atoms with Crippen molar-refractivity contribution in [3.05, 3.63) is 41.6 Å². The van der Waals surface area contributed by atoms with E-state index in [-0.39, 0.29) is 11.5 Å². The van der Waals surface area contributed by atoms with E-state index >= 15 is 0 Å². The number of aryl methyl sites for hydroxylation is 1. The van der Waals surface area contributed by atoms with Gasteiger partial charge in [-0.3, -0.25) is 9.89 Å². The fraction of sp³-hybridized carbons (Fsp3) is 0.182. The summed E-state index contributed by atoms with van der Waals surface area (Å²) in [5.74, 6) is -0.544. The van der Waals surface area contributed by atoms with Crippen molar-refractivity contribution in [1.29, 1.82) is 0 Å². The normalized spacial score (nSPS) is 10.2. The number of H-pyrrole nitrogens is 1. The second-order valence-corrected chi connectivity index (χ2v) is 3.46. The van der Waals surface area contributed by atoms with Crippen molar-refractivity contribution in [3.63, 3.8) is 0 Å². The van der Waals surface area contributed by atoms with Gasteiger partial charge in [-0.05, 0) is 18.6 Å². The van der Waals surface area contributed by atoms with Crippen LogP contribution in [0.3, 0.4) is 0 Å². The molecule has 0 aliphatic heterocycles. The first kappa shape index (κ1) is 11.3.